The van der Waals surface area contributed by atoms with Crippen molar-refractivity contribution in [3.05, 3.63) is 17.4 Å². The van der Waals surface area contributed by atoms with E-state index in [9.17, 15) is 0 Å². The average molecular weight is 228 g/mol. The van der Waals surface area contributed by atoms with Crippen LogP contribution in [-0.2, 0) is 0 Å². The first-order valence-electron chi connectivity index (χ1n) is 5.60. The third kappa shape index (κ3) is 2.52. The third-order valence-electron chi connectivity index (χ3n) is 3.08. The predicted octanol–water partition coefficient (Wildman–Crippen LogP) is 2.49. The van der Waals surface area contributed by atoms with Crippen LogP contribution in [0.5, 0.6) is 0 Å². The van der Waals surface area contributed by atoms with Crippen LogP contribution in [0.25, 0.3) is 0 Å². The number of hydrogen-bond acceptors (Lipinski definition) is 2. The summed E-state index contributed by atoms with van der Waals surface area (Å²) in [4.78, 5) is 0. The van der Waals surface area contributed by atoms with Crippen molar-refractivity contribution in [2.24, 2.45) is 5.92 Å². The molecule has 0 amide bonds. The van der Waals surface area contributed by atoms with E-state index in [4.69, 9.17) is 11.6 Å². The summed E-state index contributed by atoms with van der Waals surface area (Å²) in [7, 11) is 0. The molecule has 1 saturated carbocycles. The first-order chi connectivity index (χ1) is 7.16. The van der Waals surface area contributed by atoms with Gasteiger partial charge in [0, 0.05) is 18.8 Å². The van der Waals surface area contributed by atoms with Gasteiger partial charge in [-0.3, -0.25) is 4.68 Å². The normalized spacial score (nSPS) is 25.6. The molecule has 0 aliphatic heterocycles. The van der Waals surface area contributed by atoms with Crippen molar-refractivity contribution in [2.45, 2.75) is 38.8 Å². The van der Waals surface area contributed by atoms with E-state index < -0.39 is 0 Å². The Morgan fingerprint density at radius 3 is 2.87 bits per heavy atom. The highest BCUT2D eigenvalue weighted by Gasteiger charge is 2.32. The molecule has 0 spiro atoms. The number of rotatable bonds is 4. The fraction of sp³-hybridized carbons (Fsp3) is 0.727. The number of nitrogens with zero attached hydrogens (tertiary/aromatic N) is 2. The van der Waals surface area contributed by atoms with Crippen molar-refractivity contribution in [3.8, 4) is 0 Å². The van der Waals surface area contributed by atoms with E-state index in [2.05, 4.69) is 24.3 Å². The number of hydrogen-bond donors (Lipinski definition) is 1. The van der Waals surface area contributed by atoms with Crippen LogP contribution in [0.3, 0.4) is 0 Å². The molecular formula is C11H18ClN3. The summed E-state index contributed by atoms with van der Waals surface area (Å²) in [5, 5.41) is 8.49. The zero-order valence-corrected chi connectivity index (χ0v) is 10.0. The molecule has 84 valence electrons. The molecule has 2 rings (SSSR count). The van der Waals surface area contributed by atoms with Crippen molar-refractivity contribution < 1.29 is 0 Å². The lowest BCUT2D eigenvalue weighted by molar-refractivity contribution is 0.160. The van der Waals surface area contributed by atoms with Crippen LogP contribution in [0.1, 0.15) is 32.7 Å². The first-order valence-corrected chi connectivity index (χ1v) is 5.97. The van der Waals surface area contributed by atoms with Crippen molar-refractivity contribution >= 4 is 11.6 Å². The summed E-state index contributed by atoms with van der Waals surface area (Å²) in [6.07, 6.45) is 6.16. The van der Waals surface area contributed by atoms with Crippen LogP contribution in [0.4, 0.5) is 0 Å². The number of aromatic nitrogens is 2. The van der Waals surface area contributed by atoms with Gasteiger partial charge >= 0.3 is 0 Å². The quantitative estimate of drug-likeness (QED) is 0.857. The van der Waals surface area contributed by atoms with Crippen molar-refractivity contribution in [1.82, 2.24) is 15.1 Å². The minimum atomic E-state index is 0.545. The lowest BCUT2D eigenvalue weighted by Gasteiger charge is -2.37. The Balaban J connectivity index is 1.89. The predicted molar refractivity (Wildman–Crippen MR) is 62.1 cm³/mol. The average Bonchev–Trinajstić information content (AvgIpc) is 2.49. The second-order valence-corrected chi connectivity index (χ2v) is 5.04. The Labute approximate surface area is 95.8 Å². The molecular weight excluding hydrogens is 210 g/mol. The zero-order valence-electron chi connectivity index (χ0n) is 9.28. The van der Waals surface area contributed by atoms with E-state index >= 15 is 0 Å². The second kappa shape index (κ2) is 4.54. The Kier molecular flexibility index (Phi) is 3.32. The van der Waals surface area contributed by atoms with Gasteiger partial charge in [0.25, 0.3) is 0 Å². The molecule has 1 aliphatic rings. The molecule has 0 radical (unpaired) electrons. The number of halogens is 1. The molecule has 15 heavy (non-hydrogen) atoms. The maximum Gasteiger partial charge on any atom is 0.0785 e. The van der Waals surface area contributed by atoms with Crippen LogP contribution in [0.15, 0.2) is 12.4 Å². The van der Waals surface area contributed by atoms with Crippen LogP contribution < -0.4 is 5.32 Å². The molecule has 3 nitrogen and oxygen atoms in total. The van der Waals surface area contributed by atoms with E-state index in [-0.39, 0.29) is 0 Å². The molecule has 4 heteroatoms. The van der Waals surface area contributed by atoms with E-state index in [0.29, 0.717) is 18.0 Å². The summed E-state index contributed by atoms with van der Waals surface area (Å²) < 4.78 is 2.01. The van der Waals surface area contributed by atoms with Crippen molar-refractivity contribution in [1.29, 1.82) is 0 Å². The smallest absolute Gasteiger partial charge is 0.0785 e. The molecule has 1 aromatic rings. The van der Waals surface area contributed by atoms with E-state index in [0.717, 1.165) is 11.6 Å². The standard InChI is InChI=1S/C11H18ClN3/c1-8(2)13-5-9-3-4-11(9)15-7-10(12)6-14-15/h6-9,11,13H,3-5H2,1-2H3. The fourth-order valence-corrected chi connectivity index (χ4v) is 2.16. The van der Waals surface area contributed by atoms with Gasteiger partial charge in [-0.2, -0.15) is 5.10 Å². The minimum absolute atomic E-state index is 0.545. The maximum absolute atomic E-state index is 5.86. The molecule has 1 aliphatic carbocycles. The largest absolute Gasteiger partial charge is 0.314 e. The Bertz CT molecular complexity index is 321. The van der Waals surface area contributed by atoms with Crippen molar-refractivity contribution in [2.75, 3.05) is 6.54 Å². The highest BCUT2D eigenvalue weighted by Crippen LogP contribution is 2.37. The molecule has 2 unspecified atom stereocenters. The van der Waals surface area contributed by atoms with Crippen molar-refractivity contribution in [3.63, 3.8) is 0 Å². The summed E-state index contributed by atoms with van der Waals surface area (Å²) >= 11 is 5.86. The first kappa shape index (κ1) is 11.0. The van der Waals surface area contributed by atoms with Gasteiger partial charge in [-0.1, -0.05) is 25.4 Å². The van der Waals surface area contributed by atoms with Gasteiger partial charge < -0.3 is 5.32 Å². The summed E-state index contributed by atoms with van der Waals surface area (Å²) in [6, 6.07) is 1.11. The zero-order chi connectivity index (χ0) is 10.8. The van der Waals surface area contributed by atoms with Gasteiger partial charge in [0.15, 0.2) is 0 Å². The maximum atomic E-state index is 5.86. The Morgan fingerprint density at radius 1 is 1.60 bits per heavy atom. The van der Waals surface area contributed by atoms with Gasteiger partial charge in [-0.05, 0) is 18.8 Å². The molecule has 1 N–H and O–H groups in total. The topological polar surface area (TPSA) is 29.9 Å². The molecule has 0 bridgehead atoms. The Morgan fingerprint density at radius 2 is 2.40 bits per heavy atom. The SMILES string of the molecule is CC(C)NCC1CCC1n1cc(Cl)cn1. The molecule has 2 atom stereocenters. The highest BCUT2D eigenvalue weighted by molar-refractivity contribution is 6.30. The van der Waals surface area contributed by atoms with Crippen LogP contribution >= 0.6 is 11.6 Å². The Hall–Kier alpha value is -0.540. The van der Waals surface area contributed by atoms with E-state index in [1.54, 1.807) is 6.20 Å². The summed E-state index contributed by atoms with van der Waals surface area (Å²) in [6.45, 7) is 5.44. The van der Waals surface area contributed by atoms with E-state index in [1.807, 2.05) is 10.9 Å². The van der Waals surface area contributed by atoms with Gasteiger partial charge in [0.05, 0.1) is 17.3 Å². The van der Waals surface area contributed by atoms with Gasteiger partial charge in [-0.15, -0.1) is 0 Å². The lowest BCUT2D eigenvalue weighted by atomic mass is 9.79. The molecule has 1 fully saturated rings. The van der Waals surface area contributed by atoms with Crippen LogP contribution in [0.2, 0.25) is 5.02 Å². The molecule has 0 saturated heterocycles. The molecule has 1 heterocycles. The summed E-state index contributed by atoms with van der Waals surface area (Å²) in [5.74, 6) is 0.711. The minimum Gasteiger partial charge on any atom is -0.314 e. The van der Waals surface area contributed by atoms with Gasteiger partial charge in [-0.25, -0.2) is 0 Å². The summed E-state index contributed by atoms with van der Waals surface area (Å²) in [5.41, 5.74) is 0. The third-order valence-corrected chi connectivity index (χ3v) is 3.27. The number of nitrogens with one attached hydrogen (secondary N) is 1. The molecule has 0 aromatic carbocycles. The van der Waals surface area contributed by atoms with Crippen LogP contribution in [0, 0.1) is 5.92 Å². The van der Waals surface area contributed by atoms with E-state index in [1.165, 1.54) is 12.8 Å². The monoisotopic (exact) mass is 227 g/mol. The fourth-order valence-electron chi connectivity index (χ4n) is 2.02. The van der Waals surface area contributed by atoms with Gasteiger partial charge in [0.1, 0.15) is 0 Å². The lowest BCUT2D eigenvalue weighted by Crippen LogP contribution is -2.39. The van der Waals surface area contributed by atoms with Gasteiger partial charge in [0.2, 0.25) is 0 Å². The van der Waals surface area contributed by atoms with Crippen LogP contribution in [-0.4, -0.2) is 22.4 Å². The highest BCUT2D eigenvalue weighted by atomic mass is 35.5. The second-order valence-electron chi connectivity index (χ2n) is 4.61. The molecule has 1 aromatic heterocycles.